The van der Waals surface area contributed by atoms with Crippen LogP contribution in [0.3, 0.4) is 0 Å². The molecule has 1 fully saturated rings. The Labute approximate surface area is 78.5 Å². The molecule has 1 aliphatic carbocycles. The van der Waals surface area contributed by atoms with Gasteiger partial charge in [-0.2, -0.15) is 0 Å². The Bertz CT molecular complexity index is 394. The molecule has 2 rings (SSSR count). The summed E-state index contributed by atoms with van der Waals surface area (Å²) in [5.74, 6) is -2.12. The highest BCUT2D eigenvalue weighted by Crippen LogP contribution is 2.42. The Morgan fingerprint density at radius 2 is 2.07 bits per heavy atom. The molecule has 1 aliphatic rings. The minimum atomic E-state index is -0.948. The van der Waals surface area contributed by atoms with Crippen LogP contribution in [0.15, 0.2) is 18.2 Å². The quantitative estimate of drug-likeness (QED) is 0.540. The fraction of sp³-hybridized carbons (Fsp3) is 0.333. The van der Waals surface area contributed by atoms with Crippen LogP contribution in [0, 0.1) is 21.7 Å². The zero-order valence-electron chi connectivity index (χ0n) is 7.11. The first-order valence-corrected chi connectivity index (χ1v) is 4.18. The standard InChI is InChI=1S/C9H7F2NO2/c10-7-2-1-5(3-8(7)11)6-4-9(6)12(13)14/h1-3,6,9H,4H2/t6-,9+/m0/s1. The van der Waals surface area contributed by atoms with Gasteiger partial charge < -0.3 is 0 Å². The predicted molar refractivity (Wildman–Crippen MR) is 44.5 cm³/mol. The number of hydrogen-bond donors (Lipinski definition) is 0. The van der Waals surface area contributed by atoms with Gasteiger partial charge in [0.2, 0.25) is 6.04 Å². The van der Waals surface area contributed by atoms with Crippen molar-refractivity contribution in [3.05, 3.63) is 45.5 Å². The summed E-state index contributed by atoms with van der Waals surface area (Å²) >= 11 is 0. The van der Waals surface area contributed by atoms with Crippen LogP contribution < -0.4 is 0 Å². The predicted octanol–water partition coefficient (Wildman–Crippen LogP) is 2.10. The molecule has 1 saturated carbocycles. The SMILES string of the molecule is O=[N+]([O-])[C@@H]1C[C@H]1c1ccc(F)c(F)c1. The van der Waals surface area contributed by atoms with Gasteiger partial charge >= 0.3 is 0 Å². The highest BCUT2D eigenvalue weighted by molar-refractivity contribution is 5.27. The fourth-order valence-corrected chi connectivity index (χ4v) is 1.52. The van der Waals surface area contributed by atoms with Gasteiger partial charge in [0, 0.05) is 11.3 Å². The van der Waals surface area contributed by atoms with E-state index in [-0.39, 0.29) is 10.8 Å². The normalized spacial score (nSPS) is 24.7. The molecule has 1 aromatic rings. The Morgan fingerprint density at radius 1 is 1.36 bits per heavy atom. The first-order chi connectivity index (χ1) is 6.59. The van der Waals surface area contributed by atoms with E-state index in [2.05, 4.69) is 0 Å². The summed E-state index contributed by atoms with van der Waals surface area (Å²) < 4.78 is 25.3. The number of nitrogens with zero attached hydrogens (tertiary/aromatic N) is 1. The average molecular weight is 199 g/mol. The topological polar surface area (TPSA) is 43.1 Å². The molecule has 0 bridgehead atoms. The van der Waals surface area contributed by atoms with E-state index in [0.29, 0.717) is 12.0 Å². The summed E-state index contributed by atoms with van der Waals surface area (Å²) in [6.07, 6.45) is 0.415. The van der Waals surface area contributed by atoms with Crippen molar-refractivity contribution in [1.29, 1.82) is 0 Å². The molecule has 5 heteroatoms. The summed E-state index contributed by atoms with van der Waals surface area (Å²) in [6.45, 7) is 0. The Morgan fingerprint density at radius 3 is 2.57 bits per heavy atom. The summed E-state index contributed by atoms with van der Waals surface area (Å²) in [4.78, 5) is 9.95. The molecule has 3 nitrogen and oxygen atoms in total. The van der Waals surface area contributed by atoms with Gasteiger partial charge in [-0.25, -0.2) is 8.78 Å². The first kappa shape index (κ1) is 9.05. The van der Waals surface area contributed by atoms with Crippen LogP contribution in [0.5, 0.6) is 0 Å². The molecule has 1 aromatic carbocycles. The van der Waals surface area contributed by atoms with Gasteiger partial charge in [0.15, 0.2) is 11.6 Å². The van der Waals surface area contributed by atoms with Gasteiger partial charge in [0.25, 0.3) is 0 Å². The van der Waals surface area contributed by atoms with Crippen molar-refractivity contribution in [2.75, 3.05) is 0 Å². The third-order valence-electron chi connectivity index (χ3n) is 2.40. The molecule has 74 valence electrons. The zero-order valence-corrected chi connectivity index (χ0v) is 7.11. The molecule has 0 unspecified atom stereocenters. The van der Waals surface area contributed by atoms with Crippen molar-refractivity contribution in [3.8, 4) is 0 Å². The molecule has 0 saturated heterocycles. The summed E-state index contributed by atoms with van der Waals surface area (Å²) in [5, 5.41) is 10.3. The minimum absolute atomic E-state index is 0.250. The molecule has 2 atom stereocenters. The molecular formula is C9H7F2NO2. The fourth-order valence-electron chi connectivity index (χ4n) is 1.52. The molecule has 0 N–H and O–H groups in total. The molecule has 14 heavy (non-hydrogen) atoms. The Balaban J connectivity index is 2.20. The third kappa shape index (κ3) is 1.45. The van der Waals surface area contributed by atoms with Crippen LogP contribution in [0.25, 0.3) is 0 Å². The minimum Gasteiger partial charge on any atom is -0.264 e. The summed E-state index contributed by atoms with van der Waals surface area (Å²) in [6, 6.07) is 2.80. The van der Waals surface area contributed by atoms with E-state index >= 15 is 0 Å². The third-order valence-corrected chi connectivity index (χ3v) is 2.40. The van der Waals surface area contributed by atoms with Crippen LogP contribution in [0.1, 0.15) is 17.9 Å². The molecule has 0 aliphatic heterocycles. The highest BCUT2D eigenvalue weighted by Gasteiger charge is 2.49. The van der Waals surface area contributed by atoms with Crippen molar-refractivity contribution in [1.82, 2.24) is 0 Å². The van der Waals surface area contributed by atoms with Gasteiger partial charge in [-0.15, -0.1) is 0 Å². The lowest BCUT2D eigenvalue weighted by Gasteiger charge is -1.97. The van der Waals surface area contributed by atoms with Crippen LogP contribution in [0.4, 0.5) is 8.78 Å². The van der Waals surface area contributed by atoms with E-state index in [0.717, 1.165) is 12.1 Å². The number of nitro groups is 1. The van der Waals surface area contributed by atoms with Crippen LogP contribution in [-0.2, 0) is 0 Å². The van der Waals surface area contributed by atoms with Crippen LogP contribution in [0.2, 0.25) is 0 Å². The summed E-state index contributed by atoms with van der Waals surface area (Å²) in [5.41, 5.74) is 0.505. The highest BCUT2D eigenvalue weighted by atomic mass is 19.2. The lowest BCUT2D eigenvalue weighted by molar-refractivity contribution is -0.496. The van der Waals surface area contributed by atoms with Crippen LogP contribution >= 0.6 is 0 Å². The van der Waals surface area contributed by atoms with Gasteiger partial charge in [0.1, 0.15) is 0 Å². The maximum atomic E-state index is 12.8. The van der Waals surface area contributed by atoms with Gasteiger partial charge in [-0.05, 0) is 17.7 Å². The van der Waals surface area contributed by atoms with E-state index in [1.54, 1.807) is 0 Å². The largest absolute Gasteiger partial charge is 0.264 e. The number of rotatable bonds is 2. The smallest absolute Gasteiger partial charge is 0.221 e. The van der Waals surface area contributed by atoms with E-state index in [9.17, 15) is 18.9 Å². The monoisotopic (exact) mass is 199 g/mol. The van der Waals surface area contributed by atoms with E-state index in [4.69, 9.17) is 0 Å². The lowest BCUT2D eigenvalue weighted by atomic mass is 10.1. The lowest BCUT2D eigenvalue weighted by Crippen LogP contribution is -2.03. The molecule has 0 amide bonds. The Kier molecular flexibility index (Phi) is 1.94. The number of hydrogen-bond acceptors (Lipinski definition) is 2. The first-order valence-electron chi connectivity index (χ1n) is 4.18. The van der Waals surface area contributed by atoms with Gasteiger partial charge in [0.05, 0.1) is 5.92 Å². The average Bonchev–Trinajstić information content (AvgIpc) is 2.89. The molecule has 0 aromatic heterocycles. The van der Waals surface area contributed by atoms with Gasteiger partial charge in [-0.1, -0.05) is 6.07 Å². The Hall–Kier alpha value is -1.52. The second kappa shape index (κ2) is 3.01. The maximum Gasteiger partial charge on any atom is 0.221 e. The van der Waals surface area contributed by atoms with Crippen molar-refractivity contribution in [2.45, 2.75) is 18.4 Å². The molecular weight excluding hydrogens is 192 g/mol. The molecule has 0 radical (unpaired) electrons. The van der Waals surface area contributed by atoms with Gasteiger partial charge in [-0.3, -0.25) is 10.1 Å². The van der Waals surface area contributed by atoms with Crippen LogP contribution in [-0.4, -0.2) is 11.0 Å². The summed E-state index contributed by atoms with van der Waals surface area (Å²) in [7, 11) is 0. The van der Waals surface area contributed by atoms with E-state index < -0.39 is 17.7 Å². The van der Waals surface area contributed by atoms with Crippen molar-refractivity contribution in [3.63, 3.8) is 0 Å². The number of halogens is 2. The van der Waals surface area contributed by atoms with Crippen molar-refractivity contribution >= 4 is 0 Å². The second-order valence-corrected chi connectivity index (χ2v) is 3.37. The molecule has 0 heterocycles. The van der Waals surface area contributed by atoms with Crippen molar-refractivity contribution < 1.29 is 13.7 Å². The number of benzene rings is 1. The van der Waals surface area contributed by atoms with E-state index in [1.165, 1.54) is 6.07 Å². The second-order valence-electron chi connectivity index (χ2n) is 3.37. The maximum absolute atomic E-state index is 12.8. The zero-order chi connectivity index (χ0) is 10.3. The molecule has 0 spiro atoms. The van der Waals surface area contributed by atoms with Crippen molar-refractivity contribution in [2.24, 2.45) is 0 Å². The van der Waals surface area contributed by atoms with E-state index in [1.807, 2.05) is 0 Å².